The van der Waals surface area contributed by atoms with E-state index in [4.69, 9.17) is 0 Å². The summed E-state index contributed by atoms with van der Waals surface area (Å²) in [4.78, 5) is 14.9. The Morgan fingerprint density at radius 3 is 2.80 bits per heavy atom. The first kappa shape index (κ1) is 14.7. The van der Waals surface area contributed by atoms with Gasteiger partial charge in [0.05, 0.1) is 11.0 Å². The van der Waals surface area contributed by atoms with Gasteiger partial charge in [-0.2, -0.15) is 0 Å². The summed E-state index contributed by atoms with van der Waals surface area (Å²) < 4.78 is 0. The number of nitrogens with zero attached hydrogens (tertiary/aromatic N) is 3. The van der Waals surface area contributed by atoms with Gasteiger partial charge >= 0.3 is 0 Å². The second kappa shape index (κ2) is 5.76. The van der Waals surface area contributed by atoms with Crippen LogP contribution >= 0.6 is 0 Å². The number of rotatable bonds is 4. The largest absolute Gasteiger partial charge is 0.391 e. The molecule has 0 radical (unpaired) electrons. The van der Waals surface area contributed by atoms with Crippen molar-refractivity contribution in [3.8, 4) is 0 Å². The molecule has 1 aromatic rings. The number of nitro benzene ring substituents is 1. The van der Waals surface area contributed by atoms with Crippen LogP contribution in [0.1, 0.15) is 12.0 Å². The molecule has 0 spiro atoms. The van der Waals surface area contributed by atoms with Gasteiger partial charge in [0, 0.05) is 25.2 Å². The fourth-order valence-corrected chi connectivity index (χ4v) is 2.80. The predicted octanol–water partition coefficient (Wildman–Crippen LogP) is 1.40. The third-order valence-electron chi connectivity index (χ3n) is 3.61. The van der Waals surface area contributed by atoms with Crippen LogP contribution in [-0.2, 0) is 0 Å². The Balaban J connectivity index is 2.36. The second-order valence-corrected chi connectivity index (χ2v) is 5.71. The van der Waals surface area contributed by atoms with Crippen LogP contribution in [0.4, 0.5) is 11.4 Å². The molecule has 0 aliphatic carbocycles. The topological polar surface area (TPSA) is 69.8 Å². The lowest BCUT2D eigenvalue weighted by atomic mass is 10.1. The summed E-state index contributed by atoms with van der Waals surface area (Å²) in [5, 5.41) is 21.1. The molecule has 2 atom stereocenters. The first-order valence-corrected chi connectivity index (χ1v) is 6.73. The molecular weight excluding hydrogens is 258 g/mol. The fraction of sp³-hybridized carbons (Fsp3) is 0.571. The zero-order chi connectivity index (χ0) is 14.9. The lowest BCUT2D eigenvalue weighted by molar-refractivity contribution is -0.384. The standard InChI is InChI=1S/C14H21N3O3/c1-10-4-5-13(14(6-10)17(19)20)16-9-12(18)7-11(16)8-15(2)3/h4-6,11-12,18H,7-9H2,1-3H3. The van der Waals surface area contributed by atoms with E-state index in [2.05, 4.69) is 0 Å². The van der Waals surface area contributed by atoms with Crippen LogP contribution < -0.4 is 4.90 Å². The highest BCUT2D eigenvalue weighted by atomic mass is 16.6. The van der Waals surface area contributed by atoms with Crippen molar-refractivity contribution >= 4 is 11.4 Å². The van der Waals surface area contributed by atoms with Crippen molar-refractivity contribution in [2.45, 2.75) is 25.5 Å². The minimum absolute atomic E-state index is 0.0985. The van der Waals surface area contributed by atoms with E-state index in [0.29, 0.717) is 18.7 Å². The average molecular weight is 279 g/mol. The monoisotopic (exact) mass is 279 g/mol. The molecule has 2 unspecified atom stereocenters. The van der Waals surface area contributed by atoms with Crippen molar-refractivity contribution < 1.29 is 10.0 Å². The second-order valence-electron chi connectivity index (χ2n) is 5.71. The van der Waals surface area contributed by atoms with Gasteiger partial charge in [-0.1, -0.05) is 6.07 Å². The molecule has 110 valence electrons. The molecular formula is C14H21N3O3. The van der Waals surface area contributed by atoms with Gasteiger partial charge in [-0.15, -0.1) is 0 Å². The highest BCUT2D eigenvalue weighted by Gasteiger charge is 2.34. The SMILES string of the molecule is Cc1ccc(N2CC(O)CC2CN(C)C)c([N+](=O)[O-])c1. The summed E-state index contributed by atoms with van der Waals surface area (Å²) in [7, 11) is 3.93. The fourth-order valence-electron chi connectivity index (χ4n) is 2.80. The van der Waals surface area contributed by atoms with Crippen LogP contribution in [-0.4, -0.2) is 54.3 Å². The highest BCUT2D eigenvalue weighted by Crippen LogP contribution is 2.34. The number of anilines is 1. The van der Waals surface area contributed by atoms with E-state index in [9.17, 15) is 15.2 Å². The van der Waals surface area contributed by atoms with Gasteiger partial charge in [-0.25, -0.2) is 0 Å². The first-order chi connectivity index (χ1) is 9.38. The molecule has 0 aromatic heterocycles. The molecule has 6 heteroatoms. The Kier molecular flexibility index (Phi) is 4.25. The number of aryl methyl sites for hydroxylation is 1. The van der Waals surface area contributed by atoms with Crippen molar-refractivity contribution in [2.24, 2.45) is 0 Å². The Morgan fingerprint density at radius 2 is 2.20 bits per heavy atom. The summed E-state index contributed by atoms with van der Waals surface area (Å²) in [6.45, 7) is 3.05. The molecule has 1 aliphatic rings. The summed E-state index contributed by atoms with van der Waals surface area (Å²) >= 11 is 0. The van der Waals surface area contributed by atoms with E-state index >= 15 is 0 Å². The van der Waals surface area contributed by atoms with Crippen molar-refractivity contribution in [2.75, 3.05) is 32.1 Å². The Bertz CT molecular complexity index is 504. The van der Waals surface area contributed by atoms with Crippen LogP contribution in [0.2, 0.25) is 0 Å². The lowest BCUT2D eigenvalue weighted by Crippen LogP contribution is -2.37. The van der Waals surface area contributed by atoms with Gasteiger partial charge in [0.1, 0.15) is 5.69 Å². The summed E-state index contributed by atoms with van der Waals surface area (Å²) in [5.41, 5.74) is 1.58. The number of aliphatic hydroxyl groups is 1. The number of aliphatic hydroxyl groups excluding tert-OH is 1. The van der Waals surface area contributed by atoms with E-state index in [1.807, 2.05) is 36.9 Å². The number of hydrogen-bond donors (Lipinski definition) is 1. The average Bonchev–Trinajstić information content (AvgIpc) is 2.69. The maximum absolute atomic E-state index is 11.2. The van der Waals surface area contributed by atoms with E-state index in [-0.39, 0.29) is 16.7 Å². The van der Waals surface area contributed by atoms with Crippen LogP contribution in [0.15, 0.2) is 18.2 Å². The zero-order valence-electron chi connectivity index (χ0n) is 12.1. The smallest absolute Gasteiger partial charge is 0.292 e. The lowest BCUT2D eigenvalue weighted by Gasteiger charge is -2.28. The normalized spacial score (nSPS) is 22.6. The van der Waals surface area contributed by atoms with E-state index < -0.39 is 6.10 Å². The maximum Gasteiger partial charge on any atom is 0.292 e. The van der Waals surface area contributed by atoms with Crippen molar-refractivity contribution in [1.29, 1.82) is 0 Å². The molecule has 1 aliphatic heterocycles. The van der Waals surface area contributed by atoms with Crippen LogP contribution in [0.5, 0.6) is 0 Å². The quantitative estimate of drug-likeness (QED) is 0.666. The number of likely N-dealkylation sites (N-methyl/N-ethyl adjacent to an activating group) is 1. The molecule has 0 amide bonds. The van der Waals surface area contributed by atoms with E-state index in [0.717, 1.165) is 12.1 Å². The molecule has 0 saturated carbocycles. The Hall–Kier alpha value is -1.66. The molecule has 0 bridgehead atoms. The summed E-state index contributed by atoms with van der Waals surface area (Å²) in [5.74, 6) is 0. The number of β-amino-alcohol motifs (C(OH)–C–C–N with tert-alkyl or cyclic N) is 1. The van der Waals surface area contributed by atoms with Gasteiger partial charge < -0.3 is 14.9 Å². The zero-order valence-corrected chi connectivity index (χ0v) is 12.1. The van der Waals surface area contributed by atoms with Gasteiger partial charge in [-0.05, 0) is 39.1 Å². The highest BCUT2D eigenvalue weighted by molar-refractivity contribution is 5.65. The van der Waals surface area contributed by atoms with Crippen LogP contribution in [0.3, 0.4) is 0 Å². The predicted molar refractivity (Wildman–Crippen MR) is 78.1 cm³/mol. The molecule has 1 N–H and O–H groups in total. The minimum Gasteiger partial charge on any atom is -0.391 e. The number of benzene rings is 1. The molecule has 20 heavy (non-hydrogen) atoms. The maximum atomic E-state index is 11.2. The summed E-state index contributed by atoms with van der Waals surface area (Å²) in [6.07, 6.45) is 0.212. The molecule has 1 fully saturated rings. The first-order valence-electron chi connectivity index (χ1n) is 6.73. The van der Waals surface area contributed by atoms with Gasteiger partial charge in [0.2, 0.25) is 0 Å². The van der Waals surface area contributed by atoms with Gasteiger partial charge in [0.25, 0.3) is 5.69 Å². The molecule has 1 aromatic carbocycles. The van der Waals surface area contributed by atoms with Gasteiger partial charge in [0.15, 0.2) is 0 Å². The van der Waals surface area contributed by atoms with Crippen molar-refractivity contribution in [3.05, 3.63) is 33.9 Å². The van der Waals surface area contributed by atoms with Crippen molar-refractivity contribution in [1.82, 2.24) is 4.90 Å². The third-order valence-corrected chi connectivity index (χ3v) is 3.61. The molecule has 1 heterocycles. The van der Waals surface area contributed by atoms with E-state index in [1.165, 1.54) is 0 Å². The van der Waals surface area contributed by atoms with Crippen LogP contribution in [0.25, 0.3) is 0 Å². The molecule has 1 saturated heterocycles. The molecule has 6 nitrogen and oxygen atoms in total. The number of hydrogen-bond acceptors (Lipinski definition) is 5. The van der Waals surface area contributed by atoms with Crippen molar-refractivity contribution in [3.63, 3.8) is 0 Å². The Labute approximate surface area is 118 Å². The van der Waals surface area contributed by atoms with Gasteiger partial charge in [-0.3, -0.25) is 10.1 Å². The summed E-state index contributed by atoms with van der Waals surface area (Å²) in [6, 6.07) is 5.35. The Morgan fingerprint density at radius 1 is 1.50 bits per heavy atom. The number of nitro groups is 1. The third kappa shape index (κ3) is 3.08. The van der Waals surface area contributed by atoms with E-state index in [1.54, 1.807) is 12.1 Å². The molecule has 2 rings (SSSR count). The minimum atomic E-state index is -0.430. The van der Waals surface area contributed by atoms with Crippen LogP contribution in [0, 0.1) is 17.0 Å².